The molecule has 3 nitrogen and oxygen atoms in total. The van der Waals surface area contributed by atoms with Crippen LogP contribution in [0.2, 0.25) is 0 Å². The number of nitrogens with zero attached hydrogens (tertiary/aromatic N) is 1. The second-order valence-corrected chi connectivity index (χ2v) is 8.75. The Bertz CT molecular complexity index is 1500. The molecule has 0 saturated carbocycles. The number of ketones is 1. The van der Waals surface area contributed by atoms with E-state index in [0.29, 0.717) is 11.1 Å². The van der Waals surface area contributed by atoms with E-state index in [9.17, 15) is 13.4 Å². The minimum Gasteiger partial charge on any atom is -0.505 e. The van der Waals surface area contributed by atoms with Gasteiger partial charge in [-0.25, -0.2) is 8.63 Å². The third-order valence-corrected chi connectivity index (χ3v) is 6.19. The quantitative estimate of drug-likeness (QED) is 0.0849. The fourth-order valence-electron chi connectivity index (χ4n) is 4.32. The molecule has 0 unspecified atom stereocenters. The molecule has 0 heterocycles. The molecule has 6 heteroatoms. The van der Waals surface area contributed by atoms with Crippen molar-refractivity contribution >= 4 is 36.1 Å². The van der Waals surface area contributed by atoms with Crippen molar-refractivity contribution in [2.24, 2.45) is 0 Å². The maximum atomic E-state index is 13.0. The van der Waals surface area contributed by atoms with Crippen molar-refractivity contribution in [1.29, 1.82) is 0 Å². The van der Waals surface area contributed by atoms with E-state index >= 15 is 0 Å². The highest BCUT2D eigenvalue weighted by Crippen LogP contribution is 2.35. The fourth-order valence-corrected chi connectivity index (χ4v) is 4.32. The first-order chi connectivity index (χ1) is 19.1. The van der Waals surface area contributed by atoms with Gasteiger partial charge >= 0.3 is 7.47 Å². The van der Waals surface area contributed by atoms with Crippen LogP contribution in [0, 0.1) is 0 Å². The van der Waals surface area contributed by atoms with Gasteiger partial charge in [-0.15, -0.1) is 0 Å². The number of hydrogen-bond acceptors (Lipinski definition) is 3. The number of rotatable bonds is 9. The molecule has 0 aliphatic rings. The third kappa shape index (κ3) is 6.31. The second kappa shape index (κ2) is 12.1. The molecule has 0 radical (unpaired) electrons. The van der Waals surface area contributed by atoms with Gasteiger partial charge in [-0.2, -0.15) is 0 Å². The van der Waals surface area contributed by atoms with Crippen LogP contribution in [0.15, 0.2) is 146 Å². The zero-order valence-corrected chi connectivity index (χ0v) is 21.0. The lowest BCUT2D eigenvalue weighted by molar-refractivity contribution is 0.104. The monoisotopic (exact) mass is 515 g/mol. The van der Waals surface area contributed by atoms with Crippen LogP contribution in [-0.4, -0.2) is 13.3 Å². The first kappa shape index (κ1) is 25.7. The van der Waals surface area contributed by atoms with Gasteiger partial charge < -0.3 is 9.55 Å². The van der Waals surface area contributed by atoms with Gasteiger partial charge in [-0.1, -0.05) is 103 Å². The Labute approximate surface area is 226 Å². The first-order valence-corrected chi connectivity index (χ1v) is 12.5. The van der Waals surface area contributed by atoms with Crippen LogP contribution in [-0.2, 0) is 4.65 Å². The smallest absolute Gasteiger partial charge is 0.505 e. The Balaban J connectivity index is 1.38. The third-order valence-electron chi connectivity index (χ3n) is 6.19. The van der Waals surface area contributed by atoms with Crippen molar-refractivity contribution < 1.29 is 18.1 Å². The average Bonchev–Trinajstić information content (AvgIpc) is 2.99. The van der Waals surface area contributed by atoms with E-state index in [0.717, 1.165) is 34.3 Å². The number of para-hydroxylation sites is 2. The molecule has 5 rings (SSSR count). The van der Waals surface area contributed by atoms with E-state index in [-0.39, 0.29) is 5.76 Å². The molecule has 0 fully saturated rings. The highest BCUT2D eigenvalue weighted by Gasteiger charge is 2.21. The standard InChI is InChI=1S/C33H24BF2NO2/c35-34(36)39-33(28-10-4-1-5-11-28)24-32(38)27-18-16-25(17-19-27)26-20-22-31(23-21-26)37(29-12-6-2-7-13-29)30-14-8-3-9-15-30/h1-24H/b33-24-. The Morgan fingerprint density at radius 2 is 1.00 bits per heavy atom. The van der Waals surface area contributed by atoms with E-state index in [1.54, 1.807) is 42.5 Å². The summed E-state index contributed by atoms with van der Waals surface area (Å²) in [6, 6.07) is 44.0. The number of benzene rings is 5. The molecule has 190 valence electrons. The SMILES string of the molecule is O=C(/C=C(\OB(F)F)c1ccccc1)c1ccc(-c2ccc(N(c3ccccc3)c3ccccc3)cc2)cc1. The van der Waals surface area contributed by atoms with Crippen LogP contribution >= 0.6 is 0 Å². The summed E-state index contributed by atoms with van der Waals surface area (Å²) in [7, 11) is -3.03. The van der Waals surface area contributed by atoms with Gasteiger partial charge in [0.1, 0.15) is 5.76 Å². The summed E-state index contributed by atoms with van der Waals surface area (Å²) in [5, 5.41) is 0. The summed E-state index contributed by atoms with van der Waals surface area (Å²) in [4.78, 5) is 15.0. The lowest BCUT2D eigenvalue weighted by Gasteiger charge is -2.25. The maximum absolute atomic E-state index is 13.0. The van der Waals surface area contributed by atoms with E-state index in [4.69, 9.17) is 0 Å². The van der Waals surface area contributed by atoms with Gasteiger partial charge in [0.05, 0.1) is 0 Å². The molecule has 0 bridgehead atoms. The first-order valence-electron chi connectivity index (χ1n) is 12.5. The van der Waals surface area contributed by atoms with Crippen LogP contribution in [0.3, 0.4) is 0 Å². The number of carbonyl (C=O) groups is 1. The lowest BCUT2D eigenvalue weighted by Crippen LogP contribution is -2.09. The molecular weight excluding hydrogens is 491 g/mol. The molecular formula is C33H24BF2NO2. The van der Waals surface area contributed by atoms with Crippen molar-refractivity contribution in [3.63, 3.8) is 0 Å². The summed E-state index contributed by atoms with van der Waals surface area (Å²) < 4.78 is 30.5. The van der Waals surface area contributed by atoms with Gasteiger partial charge in [-0.05, 0) is 47.5 Å². The van der Waals surface area contributed by atoms with Crippen LogP contribution < -0.4 is 4.90 Å². The minimum absolute atomic E-state index is 0.170. The van der Waals surface area contributed by atoms with Gasteiger partial charge in [0.15, 0.2) is 5.78 Å². The average molecular weight is 515 g/mol. The van der Waals surface area contributed by atoms with E-state index < -0.39 is 13.3 Å². The molecule has 0 N–H and O–H groups in total. The Morgan fingerprint density at radius 3 is 1.49 bits per heavy atom. The number of allylic oxidation sites excluding steroid dienone is 1. The highest BCUT2D eigenvalue weighted by molar-refractivity contribution is 6.36. The fraction of sp³-hybridized carbons (Fsp3) is 0. The zero-order chi connectivity index (χ0) is 27.0. The highest BCUT2D eigenvalue weighted by atomic mass is 19.2. The molecule has 39 heavy (non-hydrogen) atoms. The molecule has 0 aromatic heterocycles. The molecule has 0 aliphatic carbocycles. The number of halogens is 2. The Hall–Kier alpha value is -4.97. The topological polar surface area (TPSA) is 29.5 Å². The van der Waals surface area contributed by atoms with Gasteiger partial charge in [0.2, 0.25) is 0 Å². The zero-order valence-electron chi connectivity index (χ0n) is 21.0. The summed E-state index contributed by atoms with van der Waals surface area (Å²) in [6.07, 6.45) is 1.10. The minimum atomic E-state index is -3.03. The predicted octanol–water partition coefficient (Wildman–Crippen LogP) is 8.99. The van der Waals surface area contributed by atoms with Crippen LogP contribution in [0.4, 0.5) is 25.7 Å². The van der Waals surface area contributed by atoms with E-state index in [2.05, 4.69) is 46.0 Å². The molecule has 0 saturated heterocycles. The summed E-state index contributed by atoms with van der Waals surface area (Å²) >= 11 is 0. The lowest BCUT2D eigenvalue weighted by atomic mass is 10.0. The van der Waals surface area contributed by atoms with Crippen molar-refractivity contribution in [3.05, 3.63) is 157 Å². The molecule has 0 spiro atoms. The molecule has 0 aliphatic heterocycles. The van der Waals surface area contributed by atoms with Crippen LogP contribution in [0.5, 0.6) is 0 Å². The largest absolute Gasteiger partial charge is 0.796 e. The summed E-state index contributed by atoms with van der Waals surface area (Å²) in [5.41, 5.74) is 5.82. The van der Waals surface area contributed by atoms with Crippen LogP contribution in [0.1, 0.15) is 15.9 Å². The van der Waals surface area contributed by atoms with Crippen molar-refractivity contribution in [2.75, 3.05) is 4.90 Å². The number of carbonyl (C=O) groups excluding carboxylic acids is 1. The summed E-state index contributed by atoms with van der Waals surface area (Å²) in [6.45, 7) is 0. The number of anilines is 3. The van der Waals surface area contributed by atoms with Crippen molar-refractivity contribution in [1.82, 2.24) is 0 Å². The van der Waals surface area contributed by atoms with Crippen molar-refractivity contribution in [3.8, 4) is 11.1 Å². The molecule has 0 atom stereocenters. The van der Waals surface area contributed by atoms with Gasteiger partial charge in [0, 0.05) is 34.3 Å². The predicted molar refractivity (Wildman–Crippen MR) is 154 cm³/mol. The van der Waals surface area contributed by atoms with Crippen LogP contribution in [0.25, 0.3) is 16.9 Å². The summed E-state index contributed by atoms with van der Waals surface area (Å²) in [5.74, 6) is -0.589. The Kier molecular flexibility index (Phi) is 7.93. The van der Waals surface area contributed by atoms with Gasteiger partial charge in [0.25, 0.3) is 0 Å². The normalized spacial score (nSPS) is 11.1. The molecule has 5 aromatic rings. The van der Waals surface area contributed by atoms with Gasteiger partial charge in [-0.3, -0.25) is 4.79 Å². The van der Waals surface area contributed by atoms with Crippen molar-refractivity contribution in [2.45, 2.75) is 0 Å². The molecule has 5 aromatic carbocycles. The number of hydrogen-bond donors (Lipinski definition) is 0. The maximum Gasteiger partial charge on any atom is 0.796 e. The molecule has 0 amide bonds. The Morgan fingerprint density at radius 1 is 0.564 bits per heavy atom. The van der Waals surface area contributed by atoms with E-state index in [1.165, 1.54) is 0 Å². The second-order valence-electron chi connectivity index (χ2n) is 8.75. The van der Waals surface area contributed by atoms with E-state index in [1.807, 2.05) is 60.7 Å².